The lowest BCUT2D eigenvalue weighted by Crippen LogP contribution is -2.34. The third kappa shape index (κ3) is 4.64. The summed E-state index contributed by atoms with van der Waals surface area (Å²) in [5.74, 6) is 0.740. The highest BCUT2D eigenvalue weighted by Crippen LogP contribution is 2.33. The van der Waals surface area contributed by atoms with Crippen LogP contribution in [0, 0.1) is 13.8 Å². The number of amides is 3. The lowest BCUT2D eigenvalue weighted by molar-refractivity contribution is -0.117. The lowest BCUT2D eigenvalue weighted by atomic mass is 10.1. The Hall–Kier alpha value is -3.68. The van der Waals surface area contributed by atoms with Gasteiger partial charge in [0, 0.05) is 35.9 Å². The first kappa shape index (κ1) is 21.5. The Labute approximate surface area is 187 Å². The van der Waals surface area contributed by atoms with Gasteiger partial charge in [-0.3, -0.25) is 4.79 Å². The van der Waals surface area contributed by atoms with Crippen molar-refractivity contribution in [2.75, 3.05) is 16.8 Å². The number of benzene rings is 2. The number of aryl methyl sites for hydroxylation is 2. The molecule has 1 atom stereocenters. The number of carbonyl (C=O) groups is 2. The molecule has 1 aromatic heterocycles. The summed E-state index contributed by atoms with van der Waals surface area (Å²) in [5.41, 5.74) is 4.58. The van der Waals surface area contributed by atoms with Gasteiger partial charge < -0.3 is 20.1 Å². The van der Waals surface area contributed by atoms with Gasteiger partial charge in [-0.2, -0.15) is 4.98 Å². The van der Waals surface area contributed by atoms with Gasteiger partial charge in [0.2, 0.25) is 17.6 Å². The van der Waals surface area contributed by atoms with E-state index in [-0.39, 0.29) is 23.9 Å². The van der Waals surface area contributed by atoms with Crippen molar-refractivity contribution < 1.29 is 14.1 Å². The molecule has 0 aliphatic carbocycles. The summed E-state index contributed by atoms with van der Waals surface area (Å²) in [5, 5.41) is 9.68. The topological polar surface area (TPSA) is 100 Å². The molecule has 2 heterocycles. The van der Waals surface area contributed by atoms with Crippen molar-refractivity contribution in [3.8, 4) is 11.4 Å². The molecule has 1 aliphatic heterocycles. The van der Waals surface area contributed by atoms with Crippen molar-refractivity contribution in [3.63, 3.8) is 0 Å². The smallest absolute Gasteiger partial charge is 0.319 e. The molecule has 32 heavy (non-hydrogen) atoms. The third-order valence-corrected chi connectivity index (χ3v) is 5.52. The molecule has 1 aliphatic rings. The second-order valence-corrected chi connectivity index (χ2v) is 8.46. The molecule has 3 amide bonds. The van der Waals surface area contributed by atoms with Crippen molar-refractivity contribution in [2.24, 2.45) is 0 Å². The zero-order valence-electron chi connectivity index (χ0n) is 18.7. The van der Waals surface area contributed by atoms with E-state index in [9.17, 15) is 9.59 Å². The number of hydrogen-bond acceptors (Lipinski definition) is 5. The average Bonchev–Trinajstić information content (AvgIpc) is 3.37. The first-order valence-corrected chi connectivity index (χ1v) is 10.7. The summed E-state index contributed by atoms with van der Waals surface area (Å²) in [6.45, 7) is 8.38. The molecule has 3 aromatic rings. The Kier molecular flexibility index (Phi) is 5.94. The molecular formula is C24H27N5O3. The van der Waals surface area contributed by atoms with E-state index in [0.29, 0.717) is 30.4 Å². The van der Waals surface area contributed by atoms with E-state index in [1.807, 2.05) is 51.1 Å². The van der Waals surface area contributed by atoms with Crippen LogP contribution in [0.2, 0.25) is 0 Å². The summed E-state index contributed by atoms with van der Waals surface area (Å²) in [4.78, 5) is 30.9. The van der Waals surface area contributed by atoms with Crippen molar-refractivity contribution in [2.45, 2.75) is 46.1 Å². The van der Waals surface area contributed by atoms with Crippen LogP contribution in [-0.2, 0) is 4.79 Å². The van der Waals surface area contributed by atoms with Gasteiger partial charge in [0.05, 0.1) is 5.92 Å². The number of rotatable bonds is 5. The maximum Gasteiger partial charge on any atom is 0.319 e. The molecule has 2 aromatic carbocycles. The van der Waals surface area contributed by atoms with Crippen molar-refractivity contribution >= 4 is 23.3 Å². The van der Waals surface area contributed by atoms with Crippen LogP contribution in [0.25, 0.3) is 11.4 Å². The van der Waals surface area contributed by atoms with Crippen molar-refractivity contribution in [1.29, 1.82) is 0 Å². The zero-order chi connectivity index (χ0) is 22.8. The molecule has 1 saturated heterocycles. The fraction of sp³-hybridized carbons (Fsp3) is 0.333. The van der Waals surface area contributed by atoms with E-state index in [1.165, 1.54) is 5.56 Å². The standard InChI is InChI=1S/C24H27N5O3/c1-14(2)25-24(31)26-19-7-5-6-17(11-19)22-27-23(32-28-22)18-12-21(30)29(13-18)20-9-8-15(3)16(4)10-20/h5-11,14,18H,12-13H2,1-4H3,(H2,25,26,31)/t18-/m1/s1. The van der Waals surface area contributed by atoms with E-state index in [2.05, 4.69) is 27.7 Å². The first-order valence-electron chi connectivity index (χ1n) is 10.7. The molecule has 0 radical (unpaired) electrons. The van der Waals surface area contributed by atoms with Crippen molar-refractivity contribution in [3.05, 3.63) is 59.5 Å². The molecule has 2 N–H and O–H groups in total. The number of nitrogens with one attached hydrogen (secondary N) is 2. The quantitative estimate of drug-likeness (QED) is 0.621. The molecule has 0 saturated carbocycles. The largest absolute Gasteiger partial charge is 0.339 e. The number of carbonyl (C=O) groups excluding carboxylic acids is 2. The maximum atomic E-state index is 12.6. The highest BCUT2D eigenvalue weighted by Gasteiger charge is 2.35. The van der Waals surface area contributed by atoms with Crippen LogP contribution in [0.4, 0.5) is 16.2 Å². The molecule has 0 bridgehead atoms. The molecular weight excluding hydrogens is 406 g/mol. The monoisotopic (exact) mass is 433 g/mol. The first-order chi connectivity index (χ1) is 15.3. The van der Waals surface area contributed by atoms with E-state index < -0.39 is 0 Å². The number of hydrogen-bond donors (Lipinski definition) is 2. The summed E-state index contributed by atoms with van der Waals surface area (Å²) >= 11 is 0. The van der Waals surface area contributed by atoms with Crippen LogP contribution < -0.4 is 15.5 Å². The fourth-order valence-corrected chi connectivity index (χ4v) is 3.70. The second-order valence-electron chi connectivity index (χ2n) is 8.46. The minimum Gasteiger partial charge on any atom is -0.339 e. The predicted octanol–water partition coefficient (Wildman–Crippen LogP) is 4.40. The number of urea groups is 1. The van der Waals surface area contributed by atoms with Gasteiger partial charge in [-0.05, 0) is 63.1 Å². The van der Waals surface area contributed by atoms with E-state index in [4.69, 9.17) is 4.52 Å². The van der Waals surface area contributed by atoms with Gasteiger partial charge in [0.25, 0.3) is 0 Å². The third-order valence-electron chi connectivity index (χ3n) is 5.52. The molecule has 4 rings (SSSR count). The van der Waals surface area contributed by atoms with Gasteiger partial charge in [-0.15, -0.1) is 0 Å². The summed E-state index contributed by atoms with van der Waals surface area (Å²) in [7, 11) is 0. The summed E-state index contributed by atoms with van der Waals surface area (Å²) in [6.07, 6.45) is 0.325. The fourth-order valence-electron chi connectivity index (χ4n) is 3.70. The van der Waals surface area contributed by atoms with Crippen LogP contribution in [0.1, 0.15) is 43.2 Å². The molecule has 166 valence electrons. The van der Waals surface area contributed by atoms with E-state index in [1.54, 1.807) is 17.0 Å². The van der Waals surface area contributed by atoms with Crippen LogP contribution >= 0.6 is 0 Å². The molecule has 8 heteroatoms. The molecule has 0 spiro atoms. The van der Waals surface area contributed by atoms with Crippen LogP contribution in [-0.4, -0.2) is 34.7 Å². The van der Waals surface area contributed by atoms with Crippen LogP contribution in [0.15, 0.2) is 47.0 Å². The number of aromatic nitrogens is 2. The maximum absolute atomic E-state index is 12.6. The Balaban J connectivity index is 1.48. The van der Waals surface area contributed by atoms with Gasteiger partial charge in [-0.1, -0.05) is 23.4 Å². The van der Waals surface area contributed by atoms with Crippen molar-refractivity contribution in [1.82, 2.24) is 15.5 Å². The SMILES string of the molecule is Cc1ccc(N2C[C@H](c3nc(-c4cccc(NC(=O)NC(C)C)c4)no3)CC2=O)cc1C. The Bertz CT molecular complexity index is 1150. The van der Waals surface area contributed by atoms with Crippen LogP contribution in [0.5, 0.6) is 0 Å². The number of nitrogens with zero attached hydrogens (tertiary/aromatic N) is 3. The minimum atomic E-state index is -0.276. The molecule has 8 nitrogen and oxygen atoms in total. The van der Waals surface area contributed by atoms with Gasteiger partial charge in [0.1, 0.15) is 0 Å². The lowest BCUT2D eigenvalue weighted by Gasteiger charge is -2.17. The summed E-state index contributed by atoms with van der Waals surface area (Å²) in [6, 6.07) is 13.0. The minimum absolute atomic E-state index is 0.0375. The normalized spacial score (nSPS) is 16.0. The number of anilines is 2. The Morgan fingerprint density at radius 1 is 1.16 bits per heavy atom. The van der Waals surface area contributed by atoms with Gasteiger partial charge >= 0.3 is 6.03 Å². The highest BCUT2D eigenvalue weighted by molar-refractivity contribution is 5.96. The zero-order valence-corrected chi connectivity index (χ0v) is 18.7. The van der Waals surface area contributed by atoms with Crippen LogP contribution in [0.3, 0.4) is 0 Å². The Morgan fingerprint density at radius 3 is 2.72 bits per heavy atom. The van der Waals surface area contributed by atoms with E-state index >= 15 is 0 Å². The highest BCUT2D eigenvalue weighted by atomic mass is 16.5. The molecule has 1 fully saturated rings. The predicted molar refractivity (Wildman–Crippen MR) is 123 cm³/mol. The average molecular weight is 434 g/mol. The second kappa shape index (κ2) is 8.82. The van der Waals surface area contributed by atoms with Gasteiger partial charge in [-0.25, -0.2) is 4.79 Å². The summed E-state index contributed by atoms with van der Waals surface area (Å²) < 4.78 is 5.51. The van der Waals surface area contributed by atoms with E-state index in [0.717, 1.165) is 16.8 Å². The Morgan fingerprint density at radius 2 is 1.97 bits per heavy atom. The molecule has 0 unspecified atom stereocenters. The van der Waals surface area contributed by atoms with Gasteiger partial charge in [0.15, 0.2) is 0 Å².